The minimum Gasteiger partial charge on any atom is -0.445 e. The zero-order valence-corrected chi connectivity index (χ0v) is 15.4. The largest absolute Gasteiger partial charge is 0.445 e. The van der Waals surface area contributed by atoms with Gasteiger partial charge in [-0.3, -0.25) is 0 Å². The van der Waals surface area contributed by atoms with Gasteiger partial charge in [0, 0.05) is 18.1 Å². The predicted octanol–water partition coefficient (Wildman–Crippen LogP) is 4.05. The van der Waals surface area contributed by atoms with E-state index in [9.17, 15) is 4.79 Å². The van der Waals surface area contributed by atoms with Gasteiger partial charge in [0.15, 0.2) is 0 Å². The number of ether oxygens (including phenoxy) is 1. The summed E-state index contributed by atoms with van der Waals surface area (Å²) in [7, 11) is 0. The first-order valence-electron chi connectivity index (χ1n) is 9.46. The number of benzene rings is 2. The lowest BCUT2D eigenvalue weighted by Gasteiger charge is -2.37. The normalized spacial score (nSPS) is 20.0. The fraction of sp³-hybridized carbons (Fsp3) is 0.409. The van der Waals surface area contributed by atoms with E-state index in [1.165, 1.54) is 5.56 Å². The van der Waals surface area contributed by atoms with E-state index in [2.05, 4.69) is 47.9 Å². The van der Waals surface area contributed by atoms with Crippen LogP contribution in [0.4, 0.5) is 4.79 Å². The van der Waals surface area contributed by atoms with Crippen LogP contribution in [0.2, 0.25) is 0 Å². The maximum Gasteiger partial charge on any atom is 0.407 e. The molecule has 138 valence electrons. The number of alkyl carbamates (subject to hydrolysis) is 1. The first-order chi connectivity index (χ1) is 12.7. The lowest BCUT2D eigenvalue weighted by molar-refractivity contribution is 0.124. The molecule has 2 N–H and O–H groups in total. The van der Waals surface area contributed by atoms with Gasteiger partial charge in [0.25, 0.3) is 0 Å². The fourth-order valence-corrected chi connectivity index (χ4v) is 3.32. The van der Waals surface area contributed by atoms with Gasteiger partial charge in [-0.05, 0) is 43.7 Å². The van der Waals surface area contributed by atoms with Gasteiger partial charge < -0.3 is 15.4 Å². The summed E-state index contributed by atoms with van der Waals surface area (Å²) < 4.78 is 5.27. The minimum atomic E-state index is -0.325. The highest BCUT2D eigenvalue weighted by molar-refractivity contribution is 5.67. The molecule has 4 nitrogen and oxygen atoms in total. The van der Waals surface area contributed by atoms with Gasteiger partial charge in [-0.2, -0.15) is 0 Å². The van der Waals surface area contributed by atoms with Crippen molar-refractivity contribution in [1.82, 2.24) is 10.6 Å². The van der Waals surface area contributed by atoms with Crippen LogP contribution in [0.15, 0.2) is 60.7 Å². The van der Waals surface area contributed by atoms with Crippen molar-refractivity contribution < 1.29 is 9.53 Å². The van der Waals surface area contributed by atoms with Crippen LogP contribution < -0.4 is 10.6 Å². The van der Waals surface area contributed by atoms with Crippen LogP contribution in [0, 0.1) is 0 Å². The second-order valence-electron chi connectivity index (χ2n) is 7.16. The molecule has 1 fully saturated rings. The maximum atomic E-state index is 11.9. The van der Waals surface area contributed by atoms with Gasteiger partial charge in [-0.1, -0.05) is 60.7 Å². The molecule has 0 spiro atoms. The van der Waals surface area contributed by atoms with Crippen LogP contribution in [-0.4, -0.2) is 24.2 Å². The second-order valence-corrected chi connectivity index (χ2v) is 7.16. The summed E-state index contributed by atoms with van der Waals surface area (Å²) in [5, 5.41) is 6.60. The molecule has 4 heteroatoms. The zero-order valence-electron chi connectivity index (χ0n) is 15.4. The molecule has 0 aromatic heterocycles. The van der Waals surface area contributed by atoms with Crippen LogP contribution in [0.3, 0.4) is 0 Å². The Bertz CT molecular complexity index is 669. The molecule has 1 saturated carbocycles. The molecule has 0 saturated heterocycles. The van der Waals surface area contributed by atoms with Gasteiger partial charge >= 0.3 is 6.09 Å². The third-order valence-electron chi connectivity index (χ3n) is 4.90. The van der Waals surface area contributed by atoms with Crippen molar-refractivity contribution in [3.63, 3.8) is 0 Å². The molecule has 0 heterocycles. The smallest absolute Gasteiger partial charge is 0.407 e. The van der Waals surface area contributed by atoms with Crippen molar-refractivity contribution in [1.29, 1.82) is 0 Å². The van der Waals surface area contributed by atoms with Gasteiger partial charge in [-0.25, -0.2) is 4.79 Å². The van der Waals surface area contributed by atoms with Crippen molar-refractivity contribution >= 4 is 6.09 Å². The number of rotatable bonds is 8. The summed E-state index contributed by atoms with van der Waals surface area (Å²) in [6.45, 7) is 2.55. The maximum absolute atomic E-state index is 11.9. The molecule has 3 rings (SSSR count). The number of aryl methyl sites for hydroxylation is 1. The molecule has 1 amide bonds. The first kappa shape index (κ1) is 18.5. The summed E-state index contributed by atoms with van der Waals surface area (Å²) in [6, 6.07) is 21.5. The number of hydrogen-bond donors (Lipinski definition) is 2. The highest BCUT2D eigenvalue weighted by atomic mass is 16.5. The van der Waals surface area contributed by atoms with E-state index in [4.69, 9.17) is 4.74 Å². The van der Waals surface area contributed by atoms with E-state index in [-0.39, 0.29) is 12.1 Å². The van der Waals surface area contributed by atoms with Crippen LogP contribution in [0.5, 0.6) is 0 Å². The summed E-state index contributed by atoms with van der Waals surface area (Å²) in [5.41, 5.74) is 2.39. The summed E-state index contributed by atoms with van der Waals surface area (Å²) in [5.74, 6) is 0. The molecule has 1 aliphatic carbocycles. The van der Waals surface area contributed by atoms with Crippen molar-refractivity contribution in [2.75, 3.05) is 0 Å². The Morgan fingerprint density at radius 2 is 1.62 bits per heavy atom. The highest BCUT2D eigenvalue weighted by Crippen LogP contribution is 2.21. The number of amides is 1. The Morgan fingerprint density at radius 1 is 1.00 bits per heavy atom. The topological polar surface area (TPSA) is 50.4 Å². The van der Waals surface area contributed by atoms with E-state index in [1.54, 1.807) is 0 Å². The zero-order chi connectivity index (χ0) is 18.2. The molecule has 0 aliphatic heterocycles. The molecular formula is C22H28N2O2. The third kappa shape index (κ3) is 5.88. The number of nitrogens with one attached hydrogen (secondary N) is 2. The molecule has 1 atom stereocenters. The molecule has 1 unspecified atom stereocenters. The fourth-order valence-electron chi connectivity index (χ4n) is 3.32. The highest BCUT2D eigenvalue weighted by Gasteiger charge is 2.31. The predicted molar refractivity (Wildman–Crippen MR) is 104 cm³/mol. The number of carbonyl (C=O) groups is 1. The van der Waals surface area contributed by atoms with Gasteiger partial charge in [0.2, 0.25) is 0 Å². The Hall–Kier alpha value is -2.33. The average molecular weight is 352 g/mol. The molecule has 1 aliphatic rings. The summed E-state index contributed by atoms with van der Waals surface area (Å²) in [4.78, 5) is 11.9. The van der Waals surface area contributed by atoms with Gasteiger partial charge in [0.05, 0.1) is 0 Å². The molecule has 2 aromatic carbocycles. The minimum absolute atomic E-state index is 0.220. The van der Waals surface area contributed by atoms with Crippen molar-refractivity contribution in [3.8, 4) is 0 Å². The van der Waals surface area contributed by atoms with Gasteiger partial charge in [0.1, 0.15) is 6.61 Å². The molecule has 0 radical (unpaired) electrons. The lowest BCUT2D eigenvalue weighted by Crippen LogP contribution is -2.54. The summed E-state index contributed by atoms with van der Waals surface area (Å²) in [6.07, 6.45) is 3.83. The molecule has 2 aromatic rings. The van der Waals surface area contributed by atoms with Crippen molar-refractivity contribution in [3.05, 3.63) is 71.8 Å². The van der Waals surface area contributed by atoms with Crippen molar-refractivity contribution in [2.45, 2.75) is 57.3 Å². The Kier molecular flexibility index (Phi) is 6.67. The van der Waals surface area contributed by atoms with Crippen LogP contribution >= 0.6 is 0 Å². The van der Waals surface area contributed by atoms with Crippen LogP contribution in [0.1, 0.15) is 37.3 Å². The molecule has 0 bridgehead atoms. The summed E-state index contributed by atoms with van der Waals surface area (Å²) >= 11 is 0. The molecular weight excluding hydrogens is 324 g/mol. The Balaban J connectivity index is 1.27. The SMILES string of the molecule is CC(CCc1ccccc1)NC1CC(NC(=O)OCc2ccccc2)C1. The molecule has 26 heavy (non-hydrogen) atoms. The Labute approximate surface area is 156 Å². The van der Waals surface area contributed by atoms with Gasteiger partial charge in [-0.15, -0.1) is 0 Å². The quantitative estimate of drug-likeness (QED) is 0.753. The second kappa shape index (κ2) is 9.39. The number of carbonyl (C=O) groups excluding carboxylic acids is 1. The van der Waals surface area contributed by atoms with Crippen molar-refractivity contribution in [2.24, 2.45) is 0 Å². The average Bonchev–Trinajstić information content (AvgIpc) is 2.64. The van der Waals surface area contributed by atoms with Crippen LogP contribution in [-0.2, 0) is 17.8 Å². The number of hydrogen-bond acceptors (Lipinski definition) is 3. The van der Waals surface area contributed by atoms with E-state index in [0.717, 1.165) is 31.2 Å². The lowest BCUT2D eigenvalue weighted by atomic mass is 9.86. The third-order valence-corrected chi connectivity index (χ3v) is 4.90. The van der Waals surface area contributed by atoms with E-state index in [0.29, 0.717) is 18.7 Å². The van der Waals surface area contributed by atoms with E-state index < -0.39 is 0 Å². The van der Waals surface area contributed by atoms with E-state index >= 15 is 0 Å². The Morgan fingerprint density at radius 3 is 2.27 bits per heavy atom. The standard InChI is InChI=1S/C22H28N2O2/c1-17(12-13-18-8-4-2-5-9-18)23-20-14-21(15-20)24-22(25)26-16-19-10-6-3-7-11-19/h2-11,17,20-21,23H,12-16H2,1H3,(H,24,25). The van der Waals surface area contributed by atoms with Crippen LogP contribution in [0.25, 0.3) is 0 Å². The monoisotopic (exact) mass is 352 g/mol. The van der Waals surface area contributed by atoms with E-state index in [1.807, 2.05) is 30.3 Å². The first-order valence-corrected chi connectivity index (χ1v) is 9.46.